The van der Waals surface area contributed by atoms with Crippen LogP contribution in [-0.4, -0.2) is 48.4 Å². The van der Waals surface area contributed by atoms with Gasteiger partial charge in [-0.15, -0.1) is 11.3 Å². The van der Waals surface area contributed by atoms with Crippen LogP contribution in [0.5, 0.6) is 0 Å². The van der Waals surface area contributed by atoms with Gasteiger partial charge in [-0.05, 0) is 23.6 Å². The van der Waals surface area contributed by atoms with Gasteiger partial charge >= 0.3 is 0 Å². The molecule has 0 atom stereocenters. The summed E-state index contributed by atoms with van der Waals surface area (Å²) in [4.78, 5) is 18.3. The SMILES string of the molecule is O=C(CCN1CCN(Cc2cccs2)CC1)Nc1ccccc1Cl. The summed E-state index contributed by atoms with van der Waals surface area (Å²) in [5.74, 6) is 0.0177. The number of halogens is 1. The van der Waals surface area contributed by atoms with Gasteiger partial charge in [0.15, 0.2) is 0 Å². The highest BCUT2D eigenvalue weighted by molar-refractivity contribution is 7.09. The summed E-state index contributed by atoms with van der Waals surface area (Å²) in [6.45, 7) is 5.99. The molecule has 1 aromatic carbocycles. The van der Waals surface area contributed by atoms with E-state index in [-0.39, 0.29) is 5.91 Å². The zero-order valence-corrected chi connectivity index (χ0v) is 15.2. The molecule has 0 radical (unpaired) electrons. The molecule has 0 spiro atoms. The Labute approximate surface area is 152 Å². The number of nitrogens with zero attached hydrogens (tertiary/aromatic N) is 2. The van der Waals surface area contributed by atoms with Gasteiger partial charge in [-0.3, -0.25) is 9.69 Å². The van der Waals surface area contributed by atoms with Crippen molar-refractivity contribution in [1.29, 1.82) is 0 Å². The number of amides is 1. The van der Waals surface area contributed by atoms with E-state index in [1.165, 1.54) is 4.88 Å². The predicted octanol–water partition coefficient (Wildman–Crippen LogP) is 3.55. The molecular weight excluding hydrogens is 342 g/mol. The van der Waals surface area contributed by atoms with Crippen LogP contribution in [0.2, 0.25) is 5.02 Å². The Morgan fingerprint density at radius 1 is 1.08 bits per heavy atom. The van der Waals surface area contributed by atoms with Gasteiger partial charge in [0.25, 0.3) is 0 Å². The summed E-state index contributed by atoms with van der Waals surface area (Å²) in [7, 11) is 0. The van der Waals surface area contributed by atoms with E-state index in [1.807, 2.05) is 29.5 Å². The van der Waals surface area contributed by atoms with E-state index in [0.29, 0.717) is 17.1 Å². The Hall–Kier alpha value is -1.40. The first kappa shape index (κ1) is 17.4. The van der Waals surface area contributed by atoms with Crippen LogP contribution < -0.4 is 5.32 Å². The van der Waals surface area contributed by atoms with Gasteiger partial charge in [-0.1, -0.05) is 29.8 Å². The zero-order chi connectivity index (χ0) is 16.8. The van der Waals surface area contributed by atoms with Crippen molar-refractivity contribution in [1.82, 2.24) is 9.80 Å². The molecule has 0 saturated carbocycles. The van der Waals surface area contributed by atoms with Crippen LogP contribution in [0.15, 0.2) is 41.8 Å². The van der Waals surface area contributed by atoms with E-state index in [4.69, 9.17) is 11.6 Å². The van der Waals surface area contributed by atoms with E-state index in [0.717, 1.165) is 39.3 Å². The largest absolute Gasteiger partial charge is 0.325 e. The number of piperazine rings is 1. The second-order valence-corrected chi connectivity index (χ2v) is 7.41. The number of benzene rings is 1. The number of hydrogen-bond acceptors (Lipinski definition) is 4. The Kier molecular flexibility index (Phi) is 6.26. The molecule has 0 aliphatic carbocycles. The highest BCUT2D eigenvalue weighted by Gasteiger charge is 2.18. The molecule has 1 aliphatic rings. The first-order chi connectivity index (χ1) is 11.7. The van der Waals surface area contributed by atoms with Crippen LogP contribution in [0.1, 0.15) is 11.3 Å². The lowest BCUT2D eigenvalue weighted by Crippen LogP contribution is -2.46. The summed E-state index contributed by atoms with van der Waals surface area (Å²) in [5, 5.41) is 5.59. The van der Waals surface area contributed by atoms with Crippen LogP contribution in [-0.2, 0) is 11.3 Å². The molecule has 1 saturated heterocycles. The quantitative estimate of drug-likeness (QED) is 0.852. The third kappa shape index (κ3) is 5.05. The van der Waals surface area contributed by atoms with Gasteiger partial charge in [-0.25, -0.2) is 0 Å². The average molecular weight is 364 g/mol. The van der Waals surface area contributed by atoms with Crippen LogP contribution in [0.3, 0.4) is 0 Å². The third-order valence-corrected chi connectivity index (χ3v) is 5.42. The lowest BCUT2D eigenvalue weighted by atomic mass is 10.2. The smallest absolute Gasteiger partial charge is 0.225 e. The fraction of sp³-hybridized carbons (Fsp3) is 0.389. The van der Waals surface area contributed by atoms with Crippen molar-refractivity contribution < 1.29 is 4.79 Å². The van der Waals surface area contributed by atoms with Gasteiger partial charge in [-0.2, -0.15) is 0 Å². The molecule has 2 heterocycles. The van der Waals surface area contributed by atoms with Crippen molar-refractivity contribution in [2.75, 3.05) is 38.0 Å². The average Bonchev–Trinajstić information content (AvgIpc) is 3.09. The lowest BCUT2D eigenvalue weighted by molar-refractivity contribution is -0.116. The van der Waals surface area contributed by atoms with E-state index in [2.05, 4.69) is 32.6 Å². The van der Waals surface area contributed by atoms with E-state index < -0.39 is 0 Å². The first-order valence-electron chi connectivity index (χ1n) is 8.22. The third-order valence-electron chi connectivity index (χ3n) is 4.23. The number of hydrogen-bond donors (Lipinski definition) is 1. The Morgan fingerprint density at radius 3 is 2.54 bits per heavy atom. The van der Waals surface area contributed by atoms with Crippen molar-refractivity contribution >= 4 is 34.5 Å². The number of anilines is 1. The van der Waals surface area contributed by atoms with Crippen molar-refractivity contribution in [3.8, 4) is 0 Å². The molecule has 3 rings (SSSR count). The number of rotatable bonds is 6. The summed E-state index contributed by atoms with van der Waals surface area (Å²) in [6.07, 6.45) is 0.496. The van der Waals surface area contributed by atoms with Crippen LogP contribution >= 0.6 is 22.9 Å². The number of thiophene rings is 1. The Balaban J connectivity index is 1.37. The molecule has 24 heavy (non-hydrogen) atoms. The van der Waals surface area contributed by atoms with Gasteiger partial charge < -0.3 is 10.2 Å². The van der Waals surface area contributed by atoms with Gasteiger partial charge in [0.2, 0.25) is 5.91 Å². The molecule has 0 unspecified atom stereocenters. The summed E-state index contributed by atoms with van der Waals surface area (Å²) in [6, 6.07) is 11.6. The maximum Gasteiger partial charge on any atom is 0.225 e. The topological polar surface area (TPSA) is 35.6 Å². The van der Waals surface area contributed by atoms with Crippen LogP contribution in [0.25, 0.3) is 0 Å². The van der Waals surface area contributed by atoms with Crippen molar-refractivity contribution in [3.63, 3.8) is 0 Å². The van der Waals surface area contributed by atoms with E-state index in [1.54, 1.807) is 6.07 Å². The fourth-order valence-corrected chi connectivity index (χ4v) is 3.76. The Bertz CT molecular complexity index is 654. The number of para-hydroxylation sites is 1. The van der Waals surface area contributed by atoms with Crippen molar-refractivity contribution in [3.05, 3.63) is 51.7 Å². The molecule has 0 bridgehead atoms. The van der Waals surface area contributed by atoms with Gasteiger partial charge in [0, 0.05) is 50.6 Å². The Morgan fingerprint density at radius 2 is 1.83 bits per heavy atom. The standard InChI is InChI=1S/C18H22ClN3OS/c19-16-5-1-2-6-17(16)20-18(23)7-8-21-9-11-22(12-10-21)14-15-4-3-13-24-15/h1-6,13H,7-12,14H2,(H,20,23). The molecule has 2 aromatic rings. The number of carbonyl (C=O) groups is 1. The zero-order valence-electron chi connectivity index (χ0n) is 13.6. The monoisotopic (exact) mass is 363 g/mol. The second kappa shape index (κ2) is 8.62. The molecule has 128 valence electrons. The molecule has 1 aliphatic heterocycles. The van der Waals surface area contributed by atoms with E-state index >= 15 is 0 Å². The molecule has 1 N–H and O–H groups in total. The van der Waals surface area contributed by atoms with Gasteiger partial charge in [0.05, 0.1) is 10.7 Å². The van der Waals surface area contributed by atoms with Crippen LogP contribution in [0, 0.1) is 0 Å². The molecular formula is C18H22ClN3OS. The predicted molar refractivity (Wildman–Crippen MR) is 101 cm³/mol. The molecule has 1 aromatic heterocycles. The molecule has 1 amide bonds. The molecule has 1 fully saturated rings. The van der Waals surface area contributed by atoms with Crippen LogP contribution in [0.4, 0.5) is 5.69 Å². The number of nitrogens with one attached hydrogen (secondary N) is 1. The second-order valence-electron chi connectivity index (χ2n) is 5.98. The van der Waals surface area contributed by atoms with Crippen molar-refractivity contribution in [2.24, 2.45) is 0 Å². The molecule has 6 heteroatoms. The molecule has 4 nitrogen and oxygen atoms in total. The highest BCUT2D eigenvalue weighted by atomic mass is 35.5. The first-order valence-corrected chi connectivity index (χ1v) is 9.48. The lowest BCUT2D eigenvalue weighted by Gasteiger charge is -2.34. The maximum absolute atomic E-state index is 12.1. The summed E-state index contributed by atoms with van der Waals surface area (Å²) in [5.41, 5.74) is 0.685. The maximum atomic E-state index is 12.1. The van der Waals surface area contributed by atoms with Crippen molar-refractivity contribution in [2.45, 2.75) is 13.0 Å². The van der Waals surface area contributed by atoms with Gasteiger partial charge in [0.1, 0.15) is 0 Å². The minimum absolute atomic E-state index is 0.0177. The number of carbonyl (C=O) groups excluding carboxylic acids is 1. The van der Waals surface area contributed by atoms with E-state index in [9.17, 15) is 4.79 Å². The minimum Gasteiger partial charge on any atom is -0.325 e. The fourth-order valence-electron chi connectivity index (χ4n) is 2.83. The summed E-state index contributed by atoms with van der Waals surface area (Å²) >= 11 is 7.88. The highest BCUT2D eigenvalue weighted by Crippen LogP contribution is 2.20. The normalized spacial score (nSPS) is 16.2. The minimum atomic E-state index is 0.0177. The summed E-state index contributed by atoms with van der Waals surface area (Å²) < 4.78 is 0.